The molecule has 0 aliphatic carbocycles. The summed E-state index contributed by atoms with van der Waals surface area (Å²) >= 11 is 0. The summed E-state index contributed by atoms with van der Waals surface area (Å²) in [5.74, 6) is -1.34. The van der Waals surface area contributed by atoms with Crippen LogP contribution in [0.1, 0.15) is 44.7 Å². The molecule has 0 saturated heterocycles. The Hall–Kier alpha value is -3.16. The lowest BCUT2D eigenvalue weighted by atomic mass is 10.1. The lowest BCUT2D eigenvalue weighted by Crippen LogP contribution is -2.14. The minimum atomic E-state index is -3.91. The van der Waals surface area contributed by atoms with Gasteiger partial charge in [0.15, 0.2) is 5.78 Å². The van der Waals surface area contributed by atoms with Gasteiger partial charge in [-0.25, -0.2) is 0 Å². The molecule has 0 radical (unpaired) electrons. The third kappa shape index (κ3) is 11.1. The third-order valence-electron chi connectivity index (χ3n) is 4.57. The molecule has 0 heterocycles. The van der Waals surface area contributed by atoms with E-state index in [0.717, 1.165) is 6.07 Å². The molecule has 208 valence electrons. The fourth-order valence-electron chi connectivity index (χ4n) is 2.95. The van der Waals surface area contributed by atoms with Crippen molar-refractivity contribution in [3.63, 3.8) is 0 Å². The molecule has 2 aromatic rings. The molecular weight excluding hydrogens is 556 g/mol. The first-order chi connectivity index (χ1) is 17.8. The van der Waals surface area contributed by atoms with Crippen LogP contribution in [-0.2, 0) is 35.1 Å². The predicted molar refractivity (Wildman–Crippen MR) is 145 cm³/mol. The molecule has 13 heteroatoms. The third-order valence-corrected chi connectivity index (χ3v) is 8.43. The lowest BCUT2D eigenvalue weighted by molar-refractivity contribution is -0.110. The van der Waals surface area contributed by atoms with Crippen molar-refractivity contribution in [2.45, 2.75) is 33.6 Å². The van der Waals surface area contributed by atoms with Crippen molar-refractivity contribution in [3.05, 3.63) is 65.7 Å². The molecule has 0 spiro atoms. The fraction of sp³-hybridized carbons (Fsp3) is 0.320. The first kappa shape index (κ1) is 31.1. The number of hydrogen-bond donors (Lipinski definition) is 0. The van der Waals surface area contributed by atoms with Gasteiger partial charge in [-0.1, -0.05) is 38.1 Å². The Morgan fingerprint density at radius 3 is 1.66 bits per heavy atom. The number of hydrogen-bond acceptors (Lipinski definition) is 10. The van der Waals surface area contributed by atoms with E-state index in [0.29, 0.717) is 18.4 Å². The Kier molecular flexibility index (Phi) is 11.1. The molecule has 0 N–H and O–H groups in total. The Morgan fingerprint density at radius 2 is 1.13 bits per heavy atom. The maximum absolute atomic E-state index is 12.4. The molecule has 0 amide bonds. The van der Waals surface area contributed by atoms with Gasteiger partial charge in [-0.15, -0.1) is 0 Å². The summed E-state index contributed by atoms with van der Waals surface area (Å²) < 4.78 is 86.7. The Morgan fingerprint density at radius 1 is 0.658 bits per heavy atom. The van der Waals surface area contributed by atoms with Crippen LogP contribution in [-0.4, -0.2) is 48.3 Å². The van der Waals surface area contributed by atoms with E-state index in [2.05, 4.69) is 0 Å². The summed E-state index contributed by atoms with van der Waals surface area (Å²) in [7, 11) is -11.5. The van der Waals surface area contributed by atoms with Crippen molar-refractivity contribution in [1.29, 1.82) is 0 Å². The number of ketones is 1. The molecule has 0 saturated carbocycles. The zero-order chi connectivity index (χ0) is 28.4. The molecular formula is C25H30O10S3. The van der Waals surface area contributed by atoms with Crippen molar-refractivity contribution in [2.24, 2.45) is 0 Å². The maximum atomic E-state index is 12.4. The highest BCUT2D eigenvalue weighted by Crippen LogP contribution is 2.26. The summed E-state index contributed by atoms with van der Waals surface area (Å²) in [5, 5.41) is 0. The smallest absolute Gasteiger partial charge is 0.309 e. The monoisotopic (exact) mass is 586 g/mol. The van der Waals surface area contributed by atoms with E-state index in [1.54, 1.807) is 26.0 Å². The summed E-state index contributed by atoms with van der Waals surface area (Å²) in [4.78, 5) is 12.4. The highest BCUT2D eigenvalue weighted by atomic mass is 32.2. The average Bonchev–Trinajstić information content (AvgIpc) is 2.80. The van der Waals surface area contributed by atoms with E-state index in [-0.39, 0.29) is 40.1 Å². The van der Waals surface area contributed by atoms with Crippen molar-refractivity contribution in [1.82, 2.24) is 0 Å². The largest absolute Gasteiger partial charge is 0.382 e. The number of rotatable bonds is 15. The molecule has 38 heavy (non-hydrogen) atoms. The number of benzene rings is 2. The summed E-state index contributed by atoms with van der Waals surface area (Å²) in [5.41, 5.74) is 0.779. The van der Waals surface area contributed by atoms with Crippen LogP contribution < -0.4 is 12.5 Å². The molecule has 2 aromatic carbocycles. The maximum Gasteiger partial charge on any atom is 0.309 e. The molecule has 0 unspecified atom stereocenters. The van der Waals surface area contributed by atoms with E-state index < -0.39 is 36.1 Å². The van der Waals surface area contributed by atoms with Gasteiger partial charge in [0.05, 0.1) is 17.3 Å². The van der Waals surface area contributed by atoms with Crippen LogP contribution in [0.5, 0.6) is 17.2 Å². The van der Waals surface area contributed by atoms with Crippen molar-refractivity contribution in [2.75, 3.05) is 17.3 Å². The van der Waals surface area contributed by atoms with Gasteiger partial charge in [0, 0.05) is 6.07 Å². The van der Waals surface area contributed by atoms with Gasteiger partial charge < -0.3 is 12.5 Å². The SMILES string of the molecule is CCCS(=O)(=O)Oc1cccc(/C=C/C(=O)/C=C/c2cc(OS(=O)(=O)CC)cc(OS(=O)(=O)CCC)c2)c1. The first-order valence-corrected chi connectivity index (χ1v) is 16.4. The van der Waals surface area contributed by atoms with E-state index in [9.17, 15) is 30.0 Å². The molecule has 0 aliphatic heterocycles. The number of allylic oxidation sites excluding steroid dienone is 2. The van der Waals surface area contributed by atoms with Crippen molar-refractivity contribution >= 4 is 48.3 Å². The van der Waals surface area contributed by atoms with Gasteiger partial charge in [-0.05, 0) is 67.3 Å². The quantitative estimate of drug-likeness (QED) is 0.222. The van der Waals surface area contributed by atoms with Crippen LogP contribution in [0.4, 0.5) is 0 Å². The van der Waals surface area contributed by atoms with Gasteiger partial charge >= 0.3 is 30.4 Å². The van der Waals surface area contributed by atoms with Crippen LogP contribution in [0.3, 0.4) is 0 Å². The number of carbonyl (C=O) groups excluding carboxylic acids is 1. The van der Waals surface area contributed by atoms with Gasteiger partial charge in [-0.2, -0.15) is 25.3 Å². The first-order valence-electron chi connectivity index (χ1n) is 11.7. The molecule has 0 bridgehead atoms. The van der Waals surface area contributed by atoms with Gasteiger partial charge in [0.1, 0.15) is 17.2 Å². The minimum Gasteiger partial charge on any atom is -0.382 e. The normalized spacial score (nSPS) is 12.6. The molecule has 0 atom stereocenters. The molecule has 2 rings (SSSR count). The van der Waals surface area contributed by atoms with Crippen LogP contribution in [0.2, 0.25) is 0 Å². The van der Waals surface area contributed by atoms with Crippen LogP contribution in [0.25, 0.3) is 12.2 Å². The number of carbonyl (C=O) groups is 1. The van der Waals surface area contributed by atoms with E-state index in [1.807, 2.05) is 0 Å². The van der Waals surface area contributed by atoms with Crippen molar-refractivity contribution in [3.8, 4) is 17.2 Å². The van der Waals surface area contributed by atoms with E-state index in [1.165, 1.54) is 55.5 Å². The van der Waals surface area contributed by atoms with Crippen LogP contribution in [0, 0.1) is 0 Å². The second-order valence-corrected chi connectivity index (χ2v) is 13.2. The van der Waals surface area contributed by atoms with Crippen molar-refractivity contribution < 1.29 is 42.6 Å². The molecule has 10 nitrogen and oxygen atoms in total. The zero-order valence-corrected chi connectivity index (χ0v) is 23.6. The Labute approximate surface area is 224 Å². The van der Waals surface area contributed by atoms with Crippen LogP contribution >= 0.6 is 0 Å². The van der Waals surface area contributed by atoms with E-state index in [4.69, 9.17) is 12.5 Å². The molecule has 0 fully saturated rings. The minimum absolute atomic E-state index is 0.119. The fourth-order valence-corrected chi connectivity index (χ4v) is 5.41. The predicted octanol–water partition coefficient (Wildman–Crippen LogP) is 3.95. The molecule has 0 aromatic heterocycles. The Bertz CT molecular complexity index is 1500. The summed E-state index contributed by atoms with van der Waals surface area (Å²) in [6.45, 7) is 4.77. The lowest BCUT2D eigenvalue weighted by Gasteiger charge is -2.10. The zero-order valence-electron chi connectivity index (χ0n) is 21.2. The topological polar surface area (TPSA) is 147 Å². The molecule has 0 aliphatic rings. The average molecular weight is 587 g/mol. The van der Waals surface area contributed by atoms with Crippen LogP contribution in [0.15, 0.2) is 54.6 Å². The summed E-state index contributed by atoms with van der Waals surface area (Å²) in [6, 6.07) is 9.97. The van der Waals surface area contributed by atoms with Gasteiger partial charge in [0.2, 0.25) is 0 Å². The van der Waals surface area contributed by atoms with Gasteiger partial charge in [-0.3, -0.25) is 4.79 Å². The highest BCUT2D eigenvalue weighted by molar-refractivity contribution is 7.87. The Balaban J connectivity index is 2.25. The second-order valence-electron chi connectivity index (χ2n) is 8.00. The standard InChI is InChI=1S/C25H30O10S3/c1-4-14-37(29,30)33-23-9-7-8-20(16-23)10-12-22(26)13-11-21-17-24(34-36(27,28)6-3)19-25(18-21)35-38(31,32)15-5-2/h7-13,16-19H,4-6,14-15H2,1-3H3/b12-10+,13-11+. The summed E-state index contributed by atoms with van der Waals surface area (Å²) in [6.07, 6.45) is 5.95. The van der Waals surface area contributed by atoms with E-state index >= 15 is 0 Å². The van der Waals surface area contributed by atoms with Gasteiger partial charge in [0.25, 0.3) is 0 Å². The highest BCUT2D eigenvalue weighted by Gasteiger charge is 2.16. The second kappa shape index (κ2) is 13.6.